The number of ether oxygens (including phenoxy) is 1. The summed E-state index contributed by atoms with van der Waals surface area (Å²) in [4.78, 5) is 11.8. The van der Waals surface area contributed by atoms with Gasteiger partial charge in [0.05, 0.1) is 13.2 Å². The highest BCUT2D eigenvalue weighted by molar-refractivity contribution is 6.32. The van der Waals surface area contributed by atoms with Crippen molar-refractivity contribution in [1.82, 2.24) is 0 Å². The van der Waals surface area contributed by atoms with Crippen LogP contribution in [0.5, 0.6) is 0 Å². The Morgan fingerprint density at radius 3 is 1.69 bits per heavy atom. The molecule has 0 aromatic rings. The van der Waals surface area contributed by atoms with Crippen molar-refractivity contribution in [3.05, 3.63) is 0 Å². The molecule has 0 aliphatic rings. The van der Waals surface area contributed by atoms with Crippen LogP contribution in [0.2, 0.25) is 0 Å². The van der Waals surface area contributed by atoms with Crippen LogP contribution in [-0.2, 0) is 14.2 Å². The molecule has 0 rings (SSSR count). The zero-order valence-electron chi connectivity index (χ0n) is 18.3. The summed E-state index contributed by atoms with van der Waals surface area (Å²) < 4.78 is 9.35. The molecule has 0 fully saturated rings. The quantitative estimate of drug-likeness (QED) is 0.129. The van der Waals surface area contributed by atoms with Gasteiger partial charge in [-0.05, 0) is 6.42 Å². The summed E-state index contributed by atoms with van der Waals surface area (Å²) in [6.45, 7) is 1.37. The number of rotatable bonds is 21. The van der Waals surface area contributed by atoms with E-state index in [1.54, 1.807) is 0 Å². The lowest BCUT2D eigenvalue weighted by Gasteiger charge is -2.18. The Morgan fingerprint density at radius 2 is 1.28 bits per heavy atom. The van der Waals surface area contributed by atoms with Crippen LogP contribution in [0.3, 0.4) is 0 Å². The van der Waals surface area contributed by atoms with Gasteiger partial charge in [0, 0.05) is 0 Å². The van der Waals surface area contributed by atoms with Crippen LogP contribution >= 0.6 is 0 Å². The maximum absolute atomic E-state index is 11.8. The lowest BCUT2D eigenvalue weighted by Crippen LogP contribution is -2.35. The molecule has 0 saturated heterocycles. The summed E-state index contributed by atoms with van der Waals surface area (Å²) in [6, 6.07) is 0. The number of carbonyl (C=O) groups is 1. The maximum Gasteiger partial charge on any atom is 0.634 e. The first kappa shape index (κ1) is 28.3. The minimum atomic E-state index is -2.00. The predicted molar refractivity (Wildman–Crippen MR) is 114 cm³/mol. The van der Waals surface area contributed by atoms with E-state index in [0.717, 1.165) is 19.3 Å². The van der Waals surface area contributed by atoms with E-state index >= 15 is 0 Å². The fourth-order valence-electron chi connectivity index (χ4n) is 3.21. The zero-order valence-corrected chi connectivity index (χ0v) is 18.3. The second-order valence-corrected chi connectivity index (χ2v) is 7.80. The van der Waals surface area contributed by atoms with Crippen molar-refractivity contribution in [3.8, 4) is 0 Å². The van der Waals surface area contributed by atoms with Crippen LogP contribution in [0.1, 0.15) is 103 Å². The minimum absolute atomic E-state index is 0.318. The van der Waals surface area contributed by atoms with E-state index in [4.69, 9.17) is 19.9 Å². The van der Waals surface area contributed by atoms with Gasteiger partial charge in [-0.3, -0.25) is 0 Å². The Labute approximate surface area is 177 Å². The van der Waals surface area contributed by atoms with Crippen molar-refractivity contribution in [1.29, 1.82) is 0 Å². The number of esters is 1. The van der Waals surface area contributed by atoms with Crippen LogP contribution < -0.4 is 0 Å². The van der Waals surface area contributed by atoms with Gasteiger partial charge in [0.2, 0.25) is 0 Å². The Morgan fingerprint density at radius 1 is 0.828 bits per heavy atom. The molecule has 7 nitrogen and oxygen atoms in total. The van der Waals surface area contributed by atoms with E-state index in [1.165, 1.54) is 70.6 Å². The molecule has 0 radical (unpaired) electrons. The average molecular weight is 418 g/mol. The summed E-state index contributed by atoms with van der Waals surface area (Å²) >= 11 is 0. The van der Waals surface area contributed by atoms with Crippen molar-refractivity contribution in [2.45, 2.75) is 115 Å². The Kier molecular flexibility index (Phi) is 20.1. The lowest BCUT2D eigenvalue weighted by atomic mass is 10.0. The van der Waals surface area contributed by atoms with E-state index in [9.17, 15) is 9.90 Å². The molecule has 0 saturated carbocycles. The molecule has 2 unspecified atom stereocenters. The highest BCUT2D eigenvalue weighted by Crippen LogP contribution is 2.14. The SMILES string of the molecule is CCCCCCCCCCCCCCCCC(O)C(=O)OC(CO)COB(O)O. The second-order valence-electron chi connectivity index (χ2n) is 7.80. The number of hydrogen-bond donors (Lipinski definition) is 4. The summed E-state index contributed by atoms with van der Waals surface area (Å²) in [6.07, 6.45) is 15.4. The van der Waals surface area contributed by atoms with Crippen LogP contribution in [0.15, 0.2) is 0 Å². The number of aliphatic hydroxyl groups excluding tert-OH is 2. The van der Waals surface area contributed by atoms with E-state index in [2.05, 4.69) is 11.6 Å². The van der Waals surface area contributed by atoms with Gasteiger partial charge in [-0.1, -0.05) is 96.8 Å². The molecule has 0 bridgehead atoms. The largest absolute Gasteiger partial charge is 0.634 e. The van der Waals surface area contributed by atoms with Gasteiger partial charge in [-0.15, -0.1) is 0 Å². The van der Waals surface area contributed by atoms with Gasteiger partial charge in [-0.25, -0.2) is 4.79 Å². The molecule has 0 heterocycles. The molecule has 29 heavy (non-hydrogen) atoms. The van der Waals surface area contributed by atoms with Crippen LogP contribution in [0, 0.1) is 0 Å². The fraction of sp³-hybridized carbons (Fsp3) is 0.952. The molecule has 4 N–H and O–H groups in total. The Bertz CT molecular complexity index is 369. The third kappa shape index (κ3) is 19.1. The molecule has 0 amide bonds. The topological polar surface area (TPSA) is 116 Å². The van der Waals surface area contributed by atoms with Gasteiger partial charge in [0.25, 0.3) is 0 Å². The van der Waals surface area contributed by atoms with Crippen molar-refractivity contribution in [2.75, 3.05) is 13.2 Å². The van der Waals surface area contributed by atoms with Crippen molar-refractivity contribution in [2.24, 2.45) is 0 Å². The normalized spacial score (nSPS) is 13.3. The summed E-state index contributed by atoms with van der Waals surface area (Å²) in [5.41, 5.74) is 0. The third-order valence-electron chi connectivity index (χ3n) is 5.02. The first-order valence-electron chi connectivity index (χ1n) is 11.5. The molecule has 0 aromatic heterocycles. The second kappa shape index (κ2) is 20.6. The molecular weight excluding hydrogens is 375 g/mol. The van der Waals surface area contributed by atoms with Gasteiger partial charge in [-0.2, -0.15) is 0 Å². The van der Waals surface area contributed by atoms with E-state index in [1.807, 2.05) is 0 Å². The molecular formula is C21H43BO7. The monoisotopic (exact) mass is 418 g/mol. The van der Waals surface area contributed by atoms with Gasteiger partial charge in [0.15, 0.2) is 6.10 Å². The van der Waals surface area contributed by atoms with Crippen molar-refractivity contribution >= 4 is 13.3 Å². The first-order chi connectivity index (χ1) is 14.0. The predicted octanol–water partition coefficient (Wildman–Crippen LogP) is 3.11. The zero-order chi connectivity index (χ0) is 21.7. The standard InChI is InChI=1S/C21H43BO7/c1-2-3-4-5-6-7-8-9-10-11-12-13-14-15-16-20(24)21(25)29-19(17-23)18-28-22(26)27/h19-20,23-24,26-27H,2-18H2,1H3. The fourth-order valence-corrected chi connectivity index (χ4v) is 3.21. The van der Waals surface area contributed by atoms with Gasteiger partial charge >= 0.3 is 13.3 Å². The highest BCUT2D eigenvalue weighted by Gasteiger charge is 2.22. The smallest absolute Gasteiger partial charge is 0.456 e. The number of unbranched alkanes of at least 4 members (excludes halogenated alkanes) is 13. The molecule has 8 heteroatoms. The minimum Gasteiger partial charge on any atom is -0.456 e. The Balaban J connectivity index is 3.50. The van der Waals surface area contributed by atoms with Crippen molar-refractivity contribution in [3.63, 3.8) is 0 Å². The van der Waals surface area contributed by atoms with Crippen LogP contribution in [0.25, 0.3) is 0 Å². The maximum atomic E-state index is 11.8. The van der Waals surface area contributed by atoms with E-state index in [-0.39, 0.29) is 6.61 Å². The summed E-state index contributed by atoms with van der Waals surface area (Å²) in [5.74, 6) is -0.824. The summed E-state index contributed by atoms with van der Waals surface area (Å²) in [5, 5.41) is 36.1. The molecule has 0 aliphatic heterocycles. The number of hydrogen-bond acceptors (Lipinski definition) is 7. The molecule has 172 valence electrons. The molecule has 0 aromatic carbocycles. The average Bonchev–Trinajstić information content (AvgIpc) is 2.70. The number of carbonyl (C=O) groups excluding carboxylic acids is 1. The van der Waals surface area contributed by atoms with Gasteiger partial charge < -0.3 is 29.7 Å². The molecule has 2 atom stereocenters. The third-order valence-corrected chi connectivity index (χ3v) is 5.02. The Hall–Kier alpha value is -0.665. The van der Waals surface area contributed by atoms with E-state index in [0.29, 0.717) is 6.42 Å². The highest BCUT2D eigenvalue weighted by atomic mass is 16.6. The lowest BCUT2D eigenvalue weighted by molar-refractivity contribution is -0.163. The van der Waals surface area contributed by atoms with Crippen molar-refractivity contribution < 1.29 is 34.4 Å². The molecule has 0 aliphatic carbocycles. The summed E-state index contributed by atoms with van der Waals surface area (Å²) in [7, 11) is -2.00. The van der Waals surface area contributed by atoms with Crippen LogP contribution in [-0.4, -0.2) is 59.0 Å². The van der Waals surface area contributed by atoms with E-state index < -0.39 is 32.1 Å². The molecule has 0 spiro atoms. The van der Waals surface area contributed by atoms with Gasteiger partial charge in [0.1, 0.15) is 6.10 Å². The first-order valence-corrected chi connectivity index (χ1v) is 11.5. The number of aliphatic hydroxyl groups is 2. The van der Waals surface area contributed by atoms with Crippen LogP contribution in [0.4, 0.5) is 0 Å².